The number of nitriles is 1. The summed E-state index contributed by atoms with van der Waals surface area (Å²) >= 11 is 0. The van der Waals surface area contributed by atoms with Crippen LogP contribution >= 0.6 is 0 Å². The summed E-state index contributed by atoms with van der Waals surface area (Å²) in [4.78, 5) is 23.8. The zero-order valence-electron chi connectivity index (χ0n) is 11.0. The van der Waals surface area contributed by atoms with Crippen LogP contribution in [0.4, 0.5) is 0 Å². The Morgan fingerprint density at radius 2 is 2.06 bits per heavy atom. The number of allylic oxidation sites excluding steroid dienone is 1. The van der Waals surface area contributed by atoms with Crippen LogP contribution in [0.1, 0.15) is 33.6 Å². The smallest absolute Gasteiger partial charge is 0.220 e. The van der Waals surface area contributed by atoms with E-state index in [1.54, 1.807) is 6.08 Å². The Morgan fingerprint density at radius 3 is 2.67 bits per heavy atom. The van der Waals surface area contributed by atoms with Gasteiger partial charge in [0.1, 0.15) is 6.07 Å². The average Bonchev–Trinajstić information content (AvgIpc) is 2.45. The van der Waals surface area contributed by atoms with Crippen molar-refractivity contribution in [3.8, 4) is 6.07 Å². The Morgan fingerprint density at radius 1 is 1.39 bits per heavy atom. The van der Waals surface area contributed by atoms with Gasteiger partial charge in [0, 0.05) is 23.8 Å². The first-order valence-electron chi connectivity index (χ1n) is 6.26. The zero-order chi connectivity index (χ0) is 13.6. The number of hydrogen-bond donors (Lipinski definition) is 1. The summed E-state index contributed by atoms with van der Waals surface area (Å²) in [6.45, 7) is 6.30. The SMILES string of the molecule is CC1(C)C(=O)C(C#N)=C[C@]2(C)CNC(=O)CC[C@@H]12. The minimum Gasteiger partial charge on any atom is -0.355 e. The number of nitrogens with zero attached hydrogens (tertiary/aromatic N) is 1. The van der Waals surface area contributed by atoms with Gasteiger partial charge in [-0.3, -0.25) is 9.59 Å². The van der Waals surface area contributed by atoms with Crippen molar-refractivity contribution < 1.29 is 9.59 Å². The molecule has 1 heterocycles. The van der Waals surface area contributed by atoms with Gasteiger partial charge in [0.25, 0.3) is 0 Å². The molecule has 0 bridgehead atoms. The van der Waals surface area contributed by atoms with E-state index >= 15 is 0 Å². The zero-order valence-corrected chi connectivity index (χ0v) is 11.0. The second-order valence-electron chi connectivity index (χ2n) is 6.09. The number of carbonyl (C=O) groups is 2. The minimum absolute atomic E-state index is 0.0285. The van der Waals surface area contributed by atoms with Crippen molar-refractivity contribution in [1.82, 2.24) is 5.32 Å². The summed E-state index contributed by atoms with van der Waals surface area (Å²) in [5, 5.41) is 12.0. The van der Waals surface area contributed by atoms with E-state index in [1.807, 2.05) is 26.8 Å². The molecule has 1 fully saturated rings. The normalized spacial score (nSPS) is 34.8. The molecule has 0 aromatic heterocycles. The first kappa shape index (κ1) is 12.8. The Kier molecular flexibility index (Phi) is 2.81. The summed E-state index contributed by atoms with van der Waals surface area (Å²) in [6, 6.07) is 2.00. The number of amides is 1. The maximum Gasteiger partial charge on any atom is 0.220 e. The van der Waals surface area contributed by atoms with Crippen molar-refractivity contribution in [3.05, 3.63) is 11.6 Å². The second kappa shape index (κ2) is 3.94. The minimum atomic E-state index is -0.582. The fourth-order valence-electron chi connectivity index (χ4n) is 3.43. The van der Waals surface area contributed by atoms with Crippen LogP contribution in [0.5, 0.6) is 0 Å². The number of Topliss-reactive ketones (excluding diaryl/α,β-unsaturated/α-hetero) is 1. The van der Waals surface area contributed by atoms with Gasteiger partial charge in [0.2, 0.25) is 5.91 Å². The van der Waals surface area contributed by atoms with Crippen molar-refractivity contribution in [2.45, 2.75) is 33.6 Å². The van der Waals surface area contributed by atoms with E-state index in [1.165, 1.54) is 0 Å². The van der Waals surface area contributed by atoms with Gasteiger partial charge < -0.3 is 5.32 Å². The molecule has 2 aliphatic rings. The van der Waals surface area contributed by atoms with Crippen LogP contribution in [0.15, 0.2) is 11.6 Å². The molecule has 0 aromatic carbocycles. The number of carbonyl (C=O) groups excluding carboxylic acids is 2. The number of rotatable bonds is 0. The number of hydrogen-bond acceptors (Lipinski definition) is 3. The lowest BCUT2D eigenvalue weighted by Gasteiger charge is -2.46. The predicted octanol–water partition coefficient (Wildman–Crippen LogP) is 1.58. The van der Waals surface area contributed by atoms with E-state index in [0.717, 1.165) is 0 Å². The van der Waals surface area contributed by atoms with Crippen molar-refractivity contribution in [3.63, 3.8) is 0 Å². The Bertz CT molecular complexity index is 485. The third-order valence-electron chi connectivity index (χ3n) is 4.42. The molecule has 96 valence electrons. The van der Waals surface area contributed by atoms with Gasteiger partial charge in [0.05, 0.1) is 5.57 Å². The van der Waals surface area contributed by atoms with Gasteiger partial charge in [-0.1, -0.05) is 26.8 Å². The van der Waals surface area contributed by atoms with Gasteiger partial charge in [-0.15, -0.1) is 0 Å². The van der Waals surface area contributed by atoms with Crippen molar-refractivity contribution in [2.24, 2.45) is 16.7 Å². The molecule has 0 radical (unpaired) electrons. The first-order chi connectivity index (χ1) is 8.31. The maximum atomic E-state index is 12.3. The lowest BCUT2D eigenvalue weighted by atomic mass is 9.56. The molecular formula is C14H18N2O2. The van der Waals surface area contributed by atoms with Crippen LogP contribution in [-0.2, 0) is 9.59 Å². The van der Waals surface area contributed by atoms with E-state index in [0.29, 0.717) is 19.4 Å². The van der Waals surface area contributed by atoms with Crippen LogP contribution < -0.4 is 5.32 Å². The average molecular weight is 246 g/mol. The molecule has 4 heteroatoms. The fraction of sp³-hybridized carbons (Fsp3) is 0.643. The van der Waals surface area contributed by atoms with Crippen LogP contribution in [0.2, 0.25) is 0 Å². The highest BCUT2D eigenvalue weighted by atomic mass is 16.1. The van der Waals surface area contributed by atoms with E-state index in [2.05, 4.69) is 5.32 Å². The van der Waals surface area contributed by atoms with Crippen molar-refractivity contribution in [2.75, 3.05) is 6.54 Å². The maximum absolute atomic E-state index is 12.3. The Labute approximate surface area is 107 Å². The molecule has 1 aliphatic carbocycles. The van der Waals surface area contributed by atoms with Crippen LogP contribution in [0.25, 0.3) is 0 Å². The van der Waals surface area contributed by atoms with Crippen molar-refractivity contribution >= 4 is 11.7 Å². The van der Waals surface area contributed by atoms with Gasteiger partial charge in [-0.2, -0.15) is 5.26 Å². The first-order valence-corrected chi connectivity index (χ1v) is 6.26. The van der Waals surface area contributed by atoms with E-state index in [9.17, 15) is 9.59 Å². The molecule has 0 spiro atoms. The molecule has 1 amide bonds. The highest BCUT2D eigenvalue weighted by Crippen LogP contribution is 2.50. The van der Waals surface area contributed by atoms with Gasteiger partial charge >= 0.3 is 0 Å². The third-order valence-corrected chi connectivity index (χ3v) is 4.42. The Balaban J connectivity index is 2.53. The molecule has 1 saturated heterocycles. The third kappa shape index (κ3) is 1.74. The number of nitrogens with one attached hydrogen (secondary N) is 1. The van der Waals surface area contributed by atoms with Crippen LogP contribution in [0.3, 0.4) is 0 Å². The van der Waals surface area contributed by atoms with Gasteiger partial charge in [0.15, 0.2) is 5.78 Å². The molecule has 1 aliphatic heterocycles. The monoisotopic (exact) mass is 246 g/mol. The molecule has 2 atom stereocenters. The highest BCUT2D eigenvalue weighted by Gasteiger charge is 2.51. The number of ketones is 1. The van der Waals surface area contributed by atoms with E-state index in [4.69, 9.17) is 5.26 Å². The lowest BCUT2D eigenvalue weighted by Crippen LogP contribution is -2.49. The molecule has 4 nitrogen and oxygen atoms in total. The number of fused-ring (bicyclic) bond motifs is 1. The molecule has 0 aromatic rings. The lowest BCUT2D eigenvalue weighted by molar-refractivity contribution is -0.129. The topological polar surface area (TPSA) is 70.0 Å². The van der Waals surface area contributed by atoms with Crippen LogP contribution in [0, 0.1) is 28.1 Å². The second-order valence-corrected chi connectivity index (χ2v) is 6.09. The highest BCUT2D eigenvalue weighted by molar-refractivity contribution is 6.04. The van der Waals surface area contributed by atoms with Gasteiger partial charge in [-0.25, -0.2) is 0 Å². The molecule has 0 saturated carbocycles. The van der Waals surface area contributed by atoms with Crippen LogP contribution in [-0.4, -0.2) is 18.2 Å². The molecule has 2 rings (SSSR count). The fourth-order valence-corrected chi connectivity index (χ4v) is 3.43. The summed E-state index contributed by atoms with van der Waals surface area (Å²) < 4.78 is 0. The Hall–Kier alpha value is -1.63. The van der Waals surface area contributed by atoms with Crippen molar-refractivity contribution in [1.29, 1.82) is 5.26 Å². The van der Waals surface area contributed by atoms with E-state index in [-0.39, 0.29) is 28.6 Å². The molecule has 1 N–H and O–H groups in total. The summed E-state index contributed by atoms with van der Waals surface area (Å²) in [6.07, 6.45) is 2.90. The summed E-state index contributed by atoms with van der Waals surface area (Å²) in [7, 11) is 0. The predicted molar refractivity (Wildman–Crippen MR) is 66.3 cm³/mol. The standard InChI is InChI=1S/C14H18N2O2/c1-13(2)10-4-5-11(17)16-8-14(10,3)6-9(7-15)12(13)18/h6,10H,4-5,8H2,1-3H3,(H,16,17)/t10-,14+/m0/s1. The molecule has 18 heavy (non-hydrogen) atoms. The molecule has 0 unspecified atom stereocenters. The molecular weight excluding hydrogens is 228 g/mol. The largest absolute Gasteiger partial charge is 0.355 e. The summed E-state index contributed by atoms with van der Waals surface area (Å²) in [5.74, 6) is 0.0242. The summed E-state index contributed by atoms with van der Waals surface area (Å²) in [5.41, 5.74) is -0.662. The van der Waals surface area contributed by atoms with E-state index < -0.39 is 5.41 Å². The quantitative estimate of drug-likeness (QED) is 0.705. The van der Waals surface area contributed by atoms with Gasteiger partial charge in [-0.05, 0) is 12.3 Å².